The molecule has 2 rings (SSSR count). The summed E-state index contributed by atoms with van der Waals surface area (Å²) >= 11 is 0.970. The molecular formula is C10H8N4O3S. The van der Waals surface area contributed by atoms with Gasteiger partial charge < -0.3 is 10.4 Å². The van der Waals surface area contributed by atoms with Crippen molar-refractivity contribution in [2.45, 2.75) is 6.92 Å². The van der Waals surface area contributed by atoms with Gasteiger partial charge in [-0.25, -0.2) is 9.78 Å². The Kier molecular flexibility index (Phi) is 3.28. The Balaban J connectivity index is 2.20. The highest BCUT2D eigenvalue weighted by atomic mass is 32.1. The number of carboxylic acids is 1. The van der Waals surface area contributed by atoms with Gasteiger partial charge in [0.15, 0.2) is 5.69 Å². The van der Waals surface area contributed by atoms with E-state index in [4.69, 9.17) is 5.11 Å². The average Bonchev–Trinajstić information content (AvgIpc) is 2.76. The number of pyridine rings is 1. The Morgan fingerprint density at radius 1 is 1.39 bits per heavy atom. The lowest BCUT2D eigenvalue weighted by Gasteiger charge is -2.03. The van der Waals surface area contributed by atoms with E-state index >= 15 is 0 Å². The molecule has 2 heterocycles. The lowest BCUT2D eigenvalue weighted by atomic mass is 10.3. The minimum Gasteiger partial charge on any atom is -0.477 e. The lowest BCUT2D eigenvalue weighted by Crippen LogP contribution is -2.13. The van der Waals surface area contributed by atoms with Crippen molar-refractivity contribution in [1.82, 2.24) is 14.6 Å². The highest BCUT2D eigenvalue weighted by Gasteiger charge is 2.14. The molecule has 0 unspecified atom stereocenters. The van der Waals surface area contributed by atoms with Gasteiger partial charge in [0, 0.05) is 0 Å². The summed E-state index contributed by atoms with van der Waals surface area (Å²) in [6.45, 7) is 1.67. The number of amides is 1. The molecule has 0 aromatic carbocycles. The molecule has 92 valence electrons. The third-order valence-electron chi connectivity index (χ3n) is 2.07. The number of rotatable bonds is 3. The molecule has 1 amide bonds. The smallest absolute Gasteiger partial charge is 0.354 e. The topological polar surface area (TPSA) is 105 Å². The second kappa shape index (κ2) is 4.88. The first-order valence-electron chi connectivity index (χ1n) is 4.88. The van der Waals surface area contributed by atoms with Gasteiger partial charge in [0.05, 0.1) is 5.69 Å². The van der Waals surface area contributed by atoms with Gasteiger partial charge in [0.25, 0.3) is 5.91 Å². The van der Waals surface area contributed by atoms with Crippen LogP contribution in [-0.4, -0.2) is 31.6 Å². The number of hydrogen-bond donors (Lipinski definition) is 2. The van der Waals surface area contributed by atoms with Gasteiger partial charge in [0.2, 0.25) is 0 Å². The Morgan fingerprint density at radius 3 is 2.78 bits per heavy atom. The van der Waals surface area contributed by atoms with Gasteiger partial charge in [0.1, 0.15) is 10.7 Å². The first-order valence-corrected chi connectivity index (χ1v) is 5.66. The van der Waals surface area contributed by atoms with Gasteiger partial charge in [-0.1, -0.05) is 10.6 Å². The van der Waals surface area contributed by atoms with Gasteiger partial charge in [-0.15, -0.1) is 5.10 Å². The molecule has 0 saturated heterocycles. The van der Waals surface area contributed by atoms with Crippen LogP contribution in [0.25, 0.3) is 0 Å². The van der Waals surface area contributed by atoms with Crippen LogP contribution in [0.15, 0.2) is 18.2 Å². The van der Waals surface area contributed by atoms with Gasteiger partial charge in [-0.3, -0.25) is 4.79 Å². The van der Waals surface area contributed by atoms with E-state index in [0.29, 0.717) is 10.6 Å². The number of nitrogens with zero attached hydrogens (tertiary/aromatic N) is 3. The minimum absolute atomic E-state index is 0.132. The van der Waals surface area contributed by atoms with Crippen LogP contribution < -0.4 is 5.32 Å². The first-order chi connectivity index (χ1) is 8.58. The van der Waals surface area contributed by atoms with E-state index in [-0.39, 0.29) is 11.5 Å². The predicted molar refractivity (Wildman–Crippen MR) is 63.8 cm³/mol. The molecular weight excluding hydrogens is 256 g/mol. The van der Waals surface area contributed by atoms with E-state index in [1.165, 1.54) is 18.2 Å². The van der Waals surface area contributed by atoms with Gasteiger partial charge in [-0.2, -0.15) is 0 Å². The van der Waals surface area contributed by atoms with Crippen LogP contribution in [0.2, 0.25) is 0 Å². The Bertz CT molecular complexity index is 611. The Labute approximate surface area is 106 Å². The van der Waals surface area contributed by atoms with Crippen molar-refractivity contribution < 1.29 is 14.7 Å². The third kappa shape index (κ3) is 2.48. The molecule has 0 fully saturated rings. The molecule has 2 aromatic heterocycles. The number of carbonyl (C=O) groups excluding carboxylic acids is 1. The molecule has 7 nitrogen and oxygen atoms in total. The maximum atomic E-state index is 11.8. The molecule has 0 radical (unpaired) electrons. The summed E-state index contributed by atoms with van der Waals surface area (Å²) in [4.78, 5) is 26.7. The summed E-state index contributed by atoms with van der Waals surface area (Å²) < 4.78 is 3.65. The predicted octanol–water partition coefficient (Wildman–Crippen LogP) is 1.19. The summed E-state index contributed by atoms with van der Waals surface area (Å²) in [6, 6.07) is 4.36. The van der Waals surface area contributed by atoms with Crippen molar-refractivity contribution >= 4 is 29.2 Å². The van der Waals surface area contributed by atoms with Crippen LogP contribution in [0.1, 0.15) is 25.9 Å². The summed E-state index contributed by atoms with van der Waals surface area (Å²) in [5.74, 6) is -1.38. The Hall–Kier alpha value is -2.35. The number of carboxylic acid groups (broad SMARTS) is 1. The second-order valence-corrected chi connectivity index (χ2v) is 4.11. The van der Waals surface area contributed by atoms with E-state index in [9.17, 15) is 9.59 Å². The standard InChI is InChI=1S/C10H8N4O3S/c1-5-8(18-14-13-5)9(15)12-7-4-2-3-6(11-7)10(16)17/h2-4H,1H3,(H,16,17)(H,11,12,15). The first kappa shape index (κ1) is 12.1. The van der Waals surface area contributed by atoms with E-state index in [2.05, 4.69) is 19.9 Å². The fraction of sp³-hybridized carbons (Fsp3) is 0.100. The zero-order valence-electron chi connectivity index (χ0n) is 9.25. The Morgan fingerprint density at radius 2 is 2.17 bits per heavy atom. The zero-order chi connectivity index (χ0) is 13.1. The lowest BCUT2D eigenvalue weighted by molar-refractivity contribution is 0.0690. The molecule has 0 atom stereocenters. The number of hydrogen-bond acceptors (Lipinski definition) is 6. The van der Waals surface area contributed by atoms with Crippen molar-refractivity contribution in [3.05, 3.63) is 34.5 Å². The summed E-state index contributed by atoms with van der Waals surface area (Å²) in [5.41, 5.74) is 0.388. The molecule has 8 heteroatoms. The SMILES string of the molecule is Cc1nnsc1C(=O)Nc1cccc(C(=O)O)n1. The normalized spacial score (nSPS) is 10.1. The van der Waals surface area contributed by atoms with Gasteiger partial charge >= 0.3 is 5.97 Å². The number of carbonyl (C=O) groups is 2. The molecule has 2 N–H and O–H groups in total. The van der Waals surface area contributed by atoms with Crippen LogP contribution in [0.4, 0.5) is 5.82 Å². The van der Waals surface area contributed by atoms with Crippen LogP contribution in [0, 0.1) is 6.92 Å². The number of aromatic carboxylic acids is 1. The third-order valence-corrected chi connectivity index (χ3v) is 2.89. The van der Waals surface area contributed by atoms with Crippen LogP contribution in [-0.2, 0) is 0 Å². The van der Waals surface area contributed by atoms with Crippen molar-refractivity contribution in [2.75, 3.05) is 5.32 Å². The van der Waals surface area contributed by atoms with E-state index in [1.807, 2.05) is 0 Å². The van der Waals surface area contributed by atoms with Crippen LogP contribution in [0.3, 0.4) is 0 Å². The number of aromatic nitrogens is 3. The monoisotopic (exact) mass is 264 g/mol. The molecule has 18 heavy (non-hydrogen) atoms. The molecule has 0 spiro atoms. The minimum atomic E-state index is -1.15. The second-order valence-electron chi connectivity index (χ2n) is 3.35. The summed E-state index contributed by atoms with van der Waals surface area (Å²) in [7, 11) is 0. The average molecular weight is 264 g/mol. The summed E-state index contributed by atoms with van der Waals surface area (Å²) in [6.07, 6.45) is 0. The largest absolute Gasteiger partial charge is 0.477 e. The van der Waals surface area contributed by atoms with Gasteiger partial charge in [-0.05, 0) is 30.6 Å². The number of aryl methyl sites for hydroxylation is 1. The fourth-order valence-electron chi connectivity index (χ4n) is 1.24. The van der Waals surface area contributed by atoms with Crippen molar-refractivity contribution in [3.63, 3.8) is 0 Å². The molecule has 0 aliphatic carbocycles. The highest BCUT2D eigenvalue weighted by Crippen LogP contribution is 2.12. The van der Waals surface area contributed by atoms with Crippen LogP contribution >= 0.6 is 11.5 Å². The maximum Gasteiger partial charge on any atom is 0.354 e. The quantitative estimate of drug-likeness (QED) is 0.862. The highest BCUT2D eigenvalue weighted by molar-refractivity contribution is 7.08. The maximum absolute atomic E-state index is 11.8. The molecule has 0 saturated carbocycles. The molecule has 0 aliphatic heterocycles. The fourth-order valence-corrected chi connectivity index (χ4v) is 1.79. The van der Waals surface area contributed by atoms with E-state index < -0.39 is 11.9 Å². The van der Waals surface area contributed by atoms with Crippen LogP contribution in [0.5, 0.6) is 0 Å². The molecule has 0 bridgehead atoms. The molecule has 0 aliphatic rings. The molecule has 2 aromatic rings. The number of anilines is 1. The van der Waals surface area contributed by atoms with Crippen molar-refractivity contribution in [3.8, 4) is 0 Å². The van der Waals surface area contributed by atoms with E-state index in [1.54, 1.807) is 6.92 Å². The summed E-state index contributed by atoms with van der Waals surface area (Å²) in [5, 5.41) is 15.0. The van der Waals surface area contributed by atoms with E-state index in [0.717, 1.165) is 11.5 Å². The van der Waals surface area contributed by atoms with Crippen molar-refractivity contribution in [1.29, 1.82) is 0 Å². The van der Waals surface area contributed by atoms with Crippen molar-refractivity contribution in [2.24, 2.45) is 0 Å². The zero-order valence-corrected chi connectivity index (χ0v) is 10.1. The number of nitrogens with one attached hydrogen (secondary N) is 1.